The molecule has 2 nitrogen and oxygen atoms in total. The Labute approximate surface area is 156 Å². The van der Waals surface area contributed by atoms with Crippen LogP contribution in [0.3, 0.4) is 0 Å². The number of hydrogen-bond donors (Lipinski definition) is 0. The summed E-state index contributed by atoms with van der Waals surface area (Å²) in [5.41, 5.74) is 2.94. The Bertz CT molecular complexity index is 742. The summed E-state index contributed by atoms with van der Waals surface area (Å²) in [6.45, 7) is 13.4. The van der Waals surface area contributed by atoms with Crippen LogP contribution in [0.1, 0.15) is 39.2 Å². The van der Waals surface area contributed by atoms with Crippen LogP contribution in [0.5, 0.6) is 0 Å². The molecule has 1 fully saturated rings. The summed E-state index contributed by atoms with van der Waals surface area (Å²) in [7, 11) is 0.651. The van der Waals surface area contributed by atoms with Crippen molar-refractivity contribution in [2.75, 3.05) is 13.6 Å². The highest BCUT2D eigenvalue weighted by Gasteiger charge is 2.38. The van der Waals surface area contributed by atoms with Crippen LogP contribution < -0.4 is 0 Å². The molecule has 0 saturated carbocycles. The Morgan fingerprint density at radius 3 is 2.54 bits per heavy atom. The van der Waals surface area contributed by atoms with Crippen molar-refractivity contribution in [2.24, 2.45) is 0 Å². The lowest BCUT2D eigenvalue weighted by Crippen LogP contribution is -2.44. The molecule has 24 heavy (non-hydrogen) atoms. The van der Waals surface area contributed by atoms with Crippen molar-refractivity contribution in [1.82, 2.24) is 9.13 Å². The van der Waals surface area contributed by atoms with Gasteiger partial charge in [-0.25, -0.2) is 0 Å². The number of likely N-dealkylation sites (N-methyl/N-ethyl adjacent to an activating group) is 1. The minimum absolute atomic E-state index is 0.327. The molecule has 0 N–H and O–H groups in total. The lowest BCUT2D eigenvalue weighted by atomic mass is 10.0. The number of halogens is 1. The molecule has 1 aliphatic rings. The lowest BCUT2D eigenvalue weighted by molar-refractivity contribution is 0.310. The standard InChI is InChI=1S/C20H31BrN2Si/c1-20(2,3)24(5,6)23-14-15(12-17-8-7-11-22(17)4)18-13-16(21)9-10-19(18)23/h9-10,13-14,17H,7-8,11-12H2,1-6H3. The van der Waals surface area contributed by atoms with Gasteiger partial charge in [0.05, 0.1) is 0 Å². The maximum Gasteiger partial charge on any atom is 0.161 e. The first-order chi connectivity index (χ1) is 11.1. The highest BCUT2D eigenvalue weighted by atomic mass is 79.9. The summed E-state index contributed by atoms with van der Waals surface area (Å²) < 4.78 is 3.84. The van der Waals surface area contributed by atoms with Gasteiger partial charge in [-0.2, -0.15) is 0 Å². The van der Waals surface area contributed by atoms with E-state index in [1.54, 1.807) is 0 Å². The van der Waals surface area contributed by atoms with E-state index in [2.05, 4.69) is 90.4 Å². The van der Waals surface area contributed by atoms with E-state index in [0.29, 0.717) is 11.1 Å². The molecule has 132 valence electrons. The van der Waals surface area contributed by atoms with Gasteiger partial charge in [-0.1, -0.05) is 49.8 Å². The summed E-state index contributed by atoms with van der Waals surface area (Å²) in [6, 6.07) is 7.52. The first-order valence-corrected chi connectivity index (χ1v) is 12.9. The number of likely N-dealkylation sites (tertiary alicyclic amines) is 1. The second kappa shape index (κ2) is 6.29. The molecular weight excluding hydrogens is 376 g/mol. The second-order valence-electron chi connectivity index (χ2n) is 8.98. The first-order valence-electron chi connectivity index (χ1n) is 9.11. The van der Waals surface area contributed by atoms with Gasteiger partial charge >= 0.3 is 0 Å². The van der Waals surface area contributed by atoms with Gasteiger partial charge in [-0.15, -0.1) is 0 Å². The van der Waals surface area contributed by atoms with E-state index in [1.165, 1.54) is 46.7 Å². The molecule has 1 aromatic carbocycles. The Balaban J connectivity index is 2.11. The van der Waals surface area contributed by atoms with E-state index in [0.717, 1.165) is 0 Å². The van der Waals surface area contributed by atoms with E-state index in [9.17, 15) is 0 Å². The molecule has 2 heterocycles. The van der Waals surface area contributed by atoms with Gasteiger partial charge in [0.1, 0.15) is 0 Å². The van der Waals surface area contributed by atoms with Gasteiger partial charge in [0.2, 0.25) is 0 Å². The van der Waals surface area contributed by atoms with Crippen molar-refractivity contribution in [3.05, 3.63) is 34.4 Å². The molecule has 0 aliphatic carbocycles. The zero-order chi connectivity index (χ0) is 17.7. The largest absolute Gasteiger partial charge is 0.374 e. The van der Waals surface area contributed by atoms with Crippen LogP contribution in [0.2, 0.25) is 18.1 Å². The summed E-state index contributed by atoms with van der Waals surface area (Å²) >= 11 is 3.68. The van der Waals surface area contributed by atoms with Crippen molar-refractivity contribution in [1.29, 1.82) is 0 Å². The van der Waals surface area contributed by atoms with Crippen molar-refractivity contribution in [2.45, 2.75) is 64.2 Å². The van der Waals surface area contributed by atoms with Gasteiger partial charge in [-0.05, 0) is 67.9 Å². The monoisotopic (exact) mass is 406 g/mol. The van der Waals surface area contributed by atoms with Crippen LogP contribution in [0.4, 0.5) is 0 Å². The summed E-state index contributed by atoms with van der Waals surface area (Å²) in [5.74, 6) is 0. The minimum Gasteiger partial charge on any atom is -0.374 e. The number of benzene rings is 1. The third-order valence-electron chi connectivity index (χ3n) is 6.41. The molecule has 0 bridgehead atoms. The number of rotatable bonds is 3. The number of fused-ring (bicyclic) bond motifs is 1. The molecule has 0 amide bonds. The van der Waals surface area contributed by atoms with E-state index in [4.69, 9.17) is 0 Å². The second-order valence-corrected chi connectivity index (χ2v) is 15.0. The van der Waals surface area contributed by atoms with Crippen molar-refractivity contribution >= 4 is 35.1 Å². The first kappa shape index (κ1) is 18.2. The zero-order valence-corrected chi connectivity index (χ0v) is 18.6. The molecule has 1 unspecified atom stereocenters. The van der Waals surface area contributed by atoms with E-state index in [1.807, 2.05) is 0 Å². The van der Waals surface area contributed by atoms with Crippen LogP contribution in [0.25, 0.3) is 10.9 Å². The maximum atomic E-state index is 3.68. The molecule has 1 saturated heterocycles. The molecule has 1 aromatic heterocycles. The fourth-order valence-corrected chi connectivity index (χ4v) is 6.11. The Kier molecular flexibility index (Phi) is 4.78. The van der Waals surface area contributed by atoms with Crippen LogP contribution >= 0.6 is 15.9 Å². The predicted octanol–water partition coefficient (Wildman–Crippen LogP) is 5.89. The molecule has 2 aromatic rings. The zero-order valence-electron chi connectivity index (χ0n) is 16.0. The van der Waals surface area contributed by atoms with Gasteiger partial charge in [0.25, 0.3) is 0 Å². The van der Waals surface area contributed by atoms with Gasteiger partial charge in [0.15, 0.2) is 8.24 Å². The summed E-state index contributed by atoms with van der Waals surface area (Å²) in [5, 5.41) is 1.77. The smallest absolute Gasteiger partial charge is 0.161 e. The SMILES string of the molecule is CN1CCCC1Cc1cn([Si](C)(C)C(C)(C)C)c2ccc(Br)cc12. The Morgan fingerprint density at radius 2 is 1.96 bits per heavy atom. The average molecular weight is 407 g/mol. The highest BCUT2D eigenvalue weighted by Crippen LogP contribution is 2.40. The number of hydrogen-bond acceptors (Lipinski definition) is 1. The fourth-order valence-electron chi connectivity index (χ4n) is 3.75. The van der Waals surface area contributed by atoms with Crippen molar-refractivity contribution in [3.8, 4) is 0 Å². The number of nitrogens with zero attached hydrogens (tertiary/aromatic N) is 2. The molecule has 0 spiro atoms. The molecular formula is C20H31BrN2Si. The Hall–Kier alpha value is -0.583. The van der Waals surface area contributed by atoms with Crippen LogP contribution in [-0.2, 0) is 6.42 Å². The van der Waals surface area contributed by atoms with Gasteiger partial charge < -0.3 is 9.13 Å². The lowest BCUT2D eigenvalue weighted by Gasteiger charge is -2.38. The molecule has 3 rings (SSSR count). The molecule has 0 radical (unpaired) electrons. The topological polar surface area (TPSA) is 8.17 Å². The summed E-state index contributed by atoms with van der Waals surface area (Å²) in [4.78, 5) is 2.54. The highest BCUT2D eigenvalue weighted by molar-refractivity contribution is 9.10. The predicted molar refractivity (Wildman–Crippen MR) is 112 cm³/mol. The maximum absolute atomic E-state index is 3.68. The minimum atomic E-state index is -1.63. The summed E-state index contributed by atoms with van der Waals surface area (Å²) in [6.07, 6.45) is 6.33. The third kappa shape index (κ3) is 3.13. The molecule has 1 atom stereocenters. The van der Waals surface area contributed by atoms with Crippen LogP contribution in [0.15, 0.2) is 28.9 Å². The quantitative estimate of drug-likeness (QED) is 0.576. The van der Waals surface area contributed by atoms with Crippen molar-refractivity contribution < 1.29 is 0 Å². The van der Waals surface area contributed by atoms with E-state index in [-0.39, 0.29) is 0 Å². The van der Waals surface area contributed by atoms with E-state index < -0.39 is 8.24 Å². The molecule has 1 aliphatic heterocycles. The molecule has 4 heteroatoms. The average Bonchev–Trinajstić information content (AvgIpc) is 3.03. The van der Waals surface area contributed by atoms with Gasteiger partial charge in [0, 0.05) is 21.4 Å². The third-order valence-corrected chi connectivity index (χ3v) is 12.2. The van der Waals surface area contributed by atoms with Gasteiger partial charge in [-0.3, -0.25) is 0 Å². The van der Waals surface area contributed by atoms with E-state index >= 15 is 0 Å². The fraction of sp³-hybridized carbons (Fsp3) is 0.600. The normalized spacial score (nSPS) is 20.2. The van der Waals surface area contributed by atoms with Crippen LogP contribution in [-0.4, -0.2) is 37.0 Å². The number of aromatic nitrogens is 1. The van der Waals surface area contributed by atoms with Crippen LogP contribution in [0, 0.1) is 0 Å². The van der Waals surface area contributed by atoms with Crippen molar-refractivity contribution in [3.63, 3.8) is 0 Å². The Morgan fingerprint density at radius 1 is 1.25 bits per heavy atom.